The minimum atomic E-state index is -1.13. The van der Waals surface area contributed by atoms with Crippen molar-refractivity contribution in [1.82, 2.24) is 0 Å². The van der Waals surface area contributed by atoms with E-state index in [4.69, 9.17) is 5.11 Å². The van der Waals surface area contributed by atoms with E-state index in [1.54, 1.807) is 12.1 Å². The van der Waals surface area contributed by atoms with E-state index in [2.05, 4.69) is 9.78 Å². The number of rotatable bonds is 4. The fourth-order valence-corrected chi connectivity index (χ4v) is 1.07. The second kappa shape index (κ2) is 7.83. The van der Waals surface area contributed by atoms with E-state index in [1.165, 1.54) is 12.1 Å². The number of carbonyl (C=O) groups is 3. The molecular weight excluding hydrogens is 256 g/mol. The molecule has 0 spiro atoms. The van der Waals surface area contributed by atoms with Crippen molar-refractivity contribution >= 4 is 17.9 Å². The smallest absolute Gasteiger partial charge is 0.386 e. The first-order chi connectivity index (χ1) is 8.49. The van der Waals surface area contributed by atoms with Gasteiger partial charge in [0.1, 0.15) is 0 Å². The van der Waals surface area contributed by atoms with Crippen LogP contribution in [0.4, 0.5) is 0 Å². The first kappa shape index (κ1) is 16.6. The van der Waals surface area contributed by atoms with Gasteiger partial charge in [0.2, 0.25) is 0 Å². The van der Waals surface area contributed by atoms with Gasteiger partial charge >= 0.3 is 17.9 Å². The number of hydrogen-bond acceptors (Lipinski definition) is 5. The second-order valence-corrected chi connectivity index (χ2v) is 3.59. The Morgan fingerprint density at radius 3 is 2.16 bits per heavy atom. The van der Waals surface area contributed by atoms with Gasteiger partial charge in [0.05, 0.1) is 18.4 Å². The highest BCUT2D eigenvalue weighted by Gasteiger charge is 2.13. The molecule has 3 N–H and O–H groups in total. The van der Waals surface area contributed by atoms with Gasteiger partial charge in [-0.1, -0.05) is 17.7 Å². The van der Waals surface area contributed by atoms with Crippen molar-refractivity contribution in [3.8, 4) is 0 Å². The highest BCUT2D eigenvalue weighted by Crippen LogP contribution is 2.05. The van der Waals surface area contributed by atoms with Crippen LogP contribution >= 0.6 is 0 Å². The molecule has 0 aliphatic rings. The van der Waals surface area contributed by atoms with Gasteiger partial charge in [-0.3, -0.25) is 4.79 Å². The molecule has 0 saturated heterocycles. The zero-order valence-electron chi connectivity index (χ0n) is 10.2. The van der Waals surface area contributed by atoms with Crippen molar-refractivity contribution in [3.63, 3.8) is 0 Å². The van der Waals surface area contributed by atoms with Crippen molar-refractivity contribution in [1.29, 1.82) is 0 Å². The van der Waals surface area contributed by atoms with Crippen molar-refractivity contribution < 1.29 is 34.7 Å². The lowest BCUT2D eigenvalue weighted by atomic mass is 10.2. The molecule has 0 unspecified atom stereocenters. The van der Waals surface area contributed by atoms with Gasteiger partial charge in [-0.2, -0.15) is 0 Å². The van der Waals surface area contributed by atoms with Crippen molar-refractivity contribution in [2.75, 3.05) is 0 Å². The predicted octanol–water partition coefficient (Wildman–Crippen LogP) is 0.650. The van der Waals surface area contributed by atoms with E-state index in [1.807, 2.05) is 6.92 Å². The number of hydrogen-bond donors (Lipinski definition) is 1. The maximum Gasteiger partial charge on any atom is 0.386 e. The Balaban J connectivity index is 0.00000324. The number of carbonyl (C=O) groups excluding carboxylic acids is 2. The van der Waals surface area contributed by atoms with Crippen LogP contribution in [0.1, 0.15) is 28.8 Å². The zero-order chi connectivity index (χ0) is 13.5. The van der Waals surface area contributed by atoms with Crippen LogP contribution in [0.5, 0.6) is 0 Å². The molecule has 0 bridgehead atoms. The lowest BCUT2D eigenvalue weighted by Crippen LogP contribution is -2.12. The quantitative estimate of drug-likeness (QED) is 0.633. The molecule has 0 aliphatic heterocycles. The van der Waals surface area contributed by atoms with Crippen LogP contribution in [0.2, 0.25) is 0 Å². The molecule has 1 aromatic carbocycles. The fraction of sp³-hybridized carbons (Fsp3) is 0.250. The van der Waals surface area contributed by atoms with Gasteiger partial charge in [-0.05, 0) is 19.1 Å². The average Bonchev–Trinajstić information content (AvgIpc) is 2.34. The second-order valence-electron chi connectivity index (χ2n) is 3.59. The molecule has 104 valence electrons. The van der Waals surface area contributed by atoms with Gasteiger partial charge in [-0.25, -0.2) is 19.4 Å². The maximum absolute atomic E-state index is 11.4. The summed E-state index contributed by atoms with van der Waals surface area (Å²) in [7, 11) is 0. The Morgan fingerprint density at radius 2 is 1.63 bits per heavy atom. The third-order valence-corrected chi connectivity index (χ3v) is 2.04. The number of benzene rings is 1. The molecule has 0 heterocycles. The fourth-order valence-electron chi connectivity index (χ4n) is 1.07. The minimum absolute atomic E-state index is 0. The number of carboxylic acids is 1. The molecule has 0 aromatic heterocycles. The molecule has 0 radical (unpaired) electrons. The largest absolute Gasteiger partial charge is 0.481 e. The molecule has 19 heavy (non-hydrogen) atoms. The molecule has 0 fully saturated rings. The third-order valence-electron chi connectivity index (χ3n) is 2.04. The maximum atomic E-state index is 11.4. The summed E-state index contributed by atoms with van der Waals surface area (Å²) in [5, 5.41) is 8.33. The SMILES string of the molecule is Cc1ccc(C(=O)OOC(=O)CCC(=O)O)cc1.O. The van der Waals surface area contributed by atoms with E-state index in [0.717, 1.165) is 5.56 Å². The molecule has 1 aromatic rings. The lowest BCUT2D eigenvalue weighted by molar-refractivity contribution is -0.234. The van der Waals surface area contributed by atoms with E-state index in [0.29, 0.717) is 0 Å². The van der Waals surface area contributed by atoms with Gasteiger partial charge in [0.15, 0.2) is 0 Å². The highest BCUT2D eigenvalue weighted by molar-refractivity contribution is 5.89. The van der Waals surface area contributed by atoms with Crippen LogP contribution in [-0.4, -0.2) is 28.5 Å². The van der Waals surface area contributed by atoms with Gasteiger partial charge in [0.25, 0.3) is 0 Å². The summed E-state index contributed by atoms with van der Waals surface area (Å²) in [6.45, 7) is 1.86. The van der Waals surface area contributed by atoms with Crippen LogP contribution < -0.4 is 0 Å². The van der Waals surface area contributed by atoms with E-state index in [-0.39, 0.29) is 23.9 Å². The molecular formula is C12H14O7. The summed E-state index contributed by atoms with van der Waals surface area (Å²) in [5.41, 5.74) is 1.22. The Labute approximate surface area is 109 Å². The third kappa shape index (κ3) is 6.18. The predicted molar refractivity (Wildman–Crippen MR) is 63.2 cm³/mol. The molecule has 1 rings (SSSR count). The van der Waals surface area contributed by atoms with Crippen LogP contribution in [0.15, 0.2) is 24.3 Å². The summed E-state index contributed by atoms with van der Waals surface area (Å²) < 4.78 is 0. The number of aliphatic carboxylic acids is 1. The van der Waals surface area contributed by atoms with Crippen LogP contribution in [0.3, 0.4) is 0 Å². The summed E-state index contributed by atoms with van der Waals surface area (Å²) in [6, 6.07) is 6.48. The Bertz CT molecular complexity index is 450. The number of carboxylic acid groups (broad SMARTS) is 1. The summed E-state index contributed by atoms with van der Waals surface area (Å²) in [5.74, 6) is -2.84. The van der Waals surface area contributed by atoms with Crippen molar-refractivity contribution in [3.05, 3.63) is 35.4 Å². The first-order valence-corrected chi connectivity index (χ1v) is 5.19. The van der Waals surface area contributed by atoms with Crippen LogP contribution in [0.25, 0.3) is 0 Å². The van der Waals surface area contributed by atoms with Crippen LogP contribution in [-0.2, 0) is 19.4 Å². The monoisotopic (exact) mass is 270 g/mol. The molecule has 0 atom stereocenters. The molecule has 7 nitrogen and oxygen atoms in total. The minimum Gasteiger partial charge on any atom is -0.481 e. The summed E-state index contributed by atoms with van der Waals surface area (Å²) in [4.78, 5) is 41.0. The lowest BCUT2D eigenvalue weighted by Gasteiger charge is -2.02. The number of aryl methyl sites for hydroxylation is 1. The Kier molecular flexibility index (Phi) is 6.83. The summed E-state index contributed by atoms with van der Waals surface area (Å²) in [6.07, 6.45) is -0.725. The topological polar surface area (TPSA) is 121 Å². The van der Waals surface area contributed by atoms with Gasteiger partial charge in [0, 0.05) is 0 Å². The molecule has 0 aliphatic carbocycles. The van der Waals surface area contributed by atoms with Gasteiger partial charge in [-0.15, -0.1) is 0 Å². The van der Waals surface area contributed by atoms with Crippen molar-refractivity contribution in [2.45, 2.75) is 19.8 Å². The standard InChI is InChI=1S/C12H12O6.H2O/c1-8-2-4-9(5-3-8)12(16)18-17-11(15)7-6-10(13)14;/h2-5H,6-7H2,1H3,(H,13,14);1H2. The molecule has 0 saturated carbocycles. The highest BCUT2D eigenvalue weighted by atomic mass is 17.2. The summed E-state index contributed by atoms with van der Waals surface area (Å²) >= 11 is 0. The molecule has 7 heteroatoms. The first-order valence-electron chi connectivity index (χ1n) is 5.19. The van der Waals surface area contributed by atoms with Crippen LogP contribution in [0, 0.1) is 6.92 Å². The zero-order valence-corrected chi connectivity index (χ0v) is 10.2. The van der Waals surface area contributed by atoms with Crippen molar-refractivity contribution in [2.24, 2.45) is 0 Å². The Morgan fingerprint density at radius 1 is 1.05 bits per heavy atom. The van der Waals surface area contributed by atoms with E-state index >= 15 is 0 Å². The average molecular weight is 270 g/mol. The Hall–Kier alpha value is -2.41. The van der Waals surface area contributed by atoms with Gasteiger partial charge < -0.3 is 10.6 Å². The van der Waals surface area contributed by atoms with E-state index < -0.39 is 17.9 Å². The molecule has 0 amide bonds. The van der Waals surface area contributed by atoms with E-state index in [9.17, 15) is 14.4 Å². The normalized spacial score (nSPS) is 9.11.